The maximum Gasteiger partial charge on any atom is 0.223 e. The van der Waals surface area contributed by atoms with E-state index in [1.807, 2.05) is 17.0 Å². The predicted octanol–water partition coefficient (Wildman–Crippen LogP) is 2.15. The van der Waals surface area contributed by atoms with E-state index in [9.17, 15) is 4.79 Å². The summed E-state index contributed by atoms with van der Waals surface area (Å²) in [5, 5.41) is 3.29. The van der Waals surface area contributed by atoms with E-state index in [1.165, 1.54) is 4.88 Å². The summed E-state index contributed by atoms with van der Waals surface area (Å²) in [6.07, 6.45) is 1.38. The Morgan fingerprint density at radius 1 is 1.65 bits per heavy atom. The van der Waals surface area contributed by atoms with Crippen LogP contribution in [0.5, 0.6) is 0 Å². The second kappa shape index (κ2) is 5.85. The molecule has 0 bridgehead atoms. The van der Waals surface area contributed by atoms with Gasteiger partial charge in [0.1, 0.15) is 0 Å². The first-order valence-electron chi connectivity index (χ1n) is 5.91. The minimum atomic E-state index is 0.253. The molecule has 94 valence electrons. The standard InChI is InChI=1S/C12H17ClN2OS/c1-9-8-14-6-7-15(9)12(16)5-3-10-2-4-11(13)17-10/h2,4,9,14H,3,5-8H2,1H3/t9-/m1/s1. The van der Waals surface area contributed by atoms with Crippen LogP contribution in [0.3, 0.4) is 0 Å². The quantitative estimate of drug-likeness (QED) is 0.915. The first kappa shape index (κ1) is 12.9. The third-order valence-corrected chi connectivity index (χ3v) is 4.33. The van der Waals surface area contributed by atoms with Crippen molar-refractivity contribution in [3.05, 3.63) is 21.3 Å². The van der Waals surface area contributed by atoms with E-state index in [-0.39, 0.29) is 5.91 Å². The van der Waals surface area contributed by atoms with Crippen molar-refractivity contribution in [3.63, 3.8) is 0 Å². The number of hydrogen-bond acceptors (Lipinski definition) is 3. The van der Waals surface area contributed by atoms with Gasteiger partial charge in [0, 0.05) is 37.0 Å². The first-order valence-corrected chi connectivity index (χ1v) is 7.10. The molecule has 1 amide bonds. The van der Waals surface area contributed by atoms with Crippen LogP contribution in [0.4, 0.5) is 0 Å². The number of carbonyl (C=O) groups is 1. The Labute approximate surface area is 111 Å². The predicted molar refractivity (Wildman–Crippen MR) is 71.7 cm³/mol. The fourth-order valence-corrected chi connectivity index (χ4v) is 3.16. The number of hydrogen-bond donors (Lipinski definition) is 1. The van der Waals surface area contributed by atoms with Gasteiger partial charge in [0.2, 0.25) is 5.91 Å². The molecule has 3 nitrogen and oxygen atoms in total. The second-order valence-corrected chi connectivity index (χ2v) is 6.15. The van der Waals surface area contributed by atoms with Crippen molar-refractivity contribution in [3.8, 4) is 0 Å². The van der Waals surface area contributed by atoms with Gasteiger partial charge in [-0.25, -0.2) is 0 Å². The summed E-state index contributed by atoms with van der Waals surface area (Å²) in [5.74, 6) is 0.253. The molecule has 1 aliphatic heterocycles. The van der Waals surface area contributed by atoms with Gasteiger partial charge in [-0.2, -0.15) is 0 Å². The SMILES string of the molecule is C[C@@H]1CNCCN1C(=O)CCc1ccc(Cl)s1. The van der Waals surface area contributed by atoms with Crippen LogP contribution in [0, 0.1) is 0 Å². The number of rotatable bonds is 3. The van der Waals surface area contributed by atoms with Gasteiger partial charge in [-0.3, -0.25) is 4.79 Å². The highest BCUT2D eigenvalue weighted by molar-refractivity contribution is 7.16. The number of halogens is 1. The molecule has 1 aromatic rings. The fourth-order valence-electron chi connectivity index (χ4n) is 2.07. The number of amides is 1. The van der Waals surface area contributed by atoms with Crippen LogP contribution in [0.2, 0.25) is 4.34 Å². The van der Waals surface area contributed by atoms with E-state index in [4.69, 9.17) is 11.6 Å². The summed E-state index contributed by atoms with van der Waals surface area (Å²) < 4.78 is 0.794. The van der Waals surface area contributed by atoms with Crippen molar-refractivity contribution in [2.75, 3.05) is 19.6 Å². The minimum Gasteiger partial charge on any atom is -0.337 e. The van der Waals surface area contributed by atoms with Crippen molar-refractivity contribution < 1.29 is 4.79 Å². The highest BCUT2D eigenvalue weighted by atomic mass is 35.5. The van der Waals surface area contributed by atoms with Gasteiger partial charge in [-0.1, -0.05) is 11.6 Å². The highest BCUT2D eigenvalue weighted by Crippen LogP contribution is 2.22. The van der Waals surface area contributed by atoms with Gasteiger partial charge in [0.25, 0.3) is 0 Å². The van der Waals surface area contributed by atoms with Crippen molar-refractivity contribution in [1.82, 2.24) is 10.2 Å². The van der Waals surface area contributed by atoms with E-state index in [1.54, 1.807) is 11.3 Å². The third kappa shape index (κ3) is 3.44. The first-order chi connectivity index (χ1) is 8.16. The average molecular weight is 273 g/mol. The smallest absolute Gasteiger partial charge is 0.223 e. The van der Waals surface area contributed by atoms with Gasteiger partial charge in [-0.05, 0) is 25.5 Å². The Bertz CT molecular complexity index is 394. The Hall–Kier alpha value is -0.580. The number of aryl methyl sites for hydroxylation is 1. The molecule has 0 saturated carbocycles. The minimum absolute atomic E-state index is 0.253. The van der Waals surface area contributed by atoms with Crippen LogP contribution >= 0.6 is 22.9 Å². The normalized spacial score (nSPS) is 20.6. The van der Waals surface area contributed by atoms with Crippen LogP contribution in [0.25, 0.3) is 0 Å². The van der Waals surface area contributed by atoms with Gasteiger partial charge < -0.3 is 10.2 Å². The topological polar surface area (TPSA) is 32.3 Å². The summed E-state index contributed by atoms with van der Waals surface area (Å²) in [4.78, 5) is 15.2. The summed E-state index contributed by atoms with van der Waals surface area (Å²) in [7, 11) is 0. The van der Waals surface area contributed by atoms with E-state index in [0.717, 1.165) is 30.4 Å². The molecule has 17 heavy (non-hydrogen) atoms. The lowest BCUT2D eigenvalue weighted by molar-refractivity contribution is -0.133. The van der Waals surface area contributed by atoms with Crippen LogP contribution in [-0.4, -0.2) is 36.5 Å². The Kier molecular flexibility index (Phi) is 4.42. The molecule has 2 rings (SSSR count). The summed E-state index contributed by atoms with van der Waals surface area (Å²) >= 11 is 7.42. The maximum absolute atomic E-state index is 12.1. The number of piperazine rings is 1. The van der Waals surface area contributed by atoms with Crippen LogP contribution < -0.4 is 5.32 Å². The van der Waals surface area contributed by atoms with Gasteiger partial charge in [-0.15, -0.1) is 11.3 Å². The fraction of sp³-hybridized carbons (Fsp3) is 0.583. The molecule has 2 heterocycles. The van der Waals surface area contributed by atoms with Crippen molar-refractivity contribution in [2.45, 2.75) is 25.8 Å². The molecule has 0 aromatic carbocycles. The summed E-state index contributed by atoms with van der Waals surface area (Å²) in [6, 6.07) is 4.20. The summed E-state index contributed by atoms with van der Waals surface area (Å²) in [5.41, 5.74) is 0. The van der Waals surface area contributed by atoms with Crippen molar-refractivity contribution in [2.24, 2.45) is 0 Å². The molecule has 0 aliphatic carbocycles. The molecule has 5 heteroatoms. The number of nitrogens with zero attached hydrogens (tertiary/aromatic N) is 1. The Balaban J connectivity index is 1.84. The molecule has 1 atom stereocenters. The molecule has 1 saturated heterocycles. The lowest BCUT2D eigenvalue weighted by Gasteiger charge is -2.34. The van der Waals surface area contributed by atoms with Gasteiger partial charge in [0.15, 0.2) is 0 Å². The largest absolute Gasteiger partial charge is 0.337 e. The zero-order chi connectivity index (χ0) is 12.3. The monoisotopic (exact) mass is 272 g/mol. The molecule has 1 fully saturated rings. The zero-order valence-corrected chi connectivity index (χ0v) is 11.5. The molecular formula is C12H17ClN2OS. The van der Waals surface area contributed by atoms with Crippen molar-refractivity contribution >= 4 is 28.8 Å². The number of thiophene rings is 1. The molecule has 0 spiro atoms. The Morgan fingerprint density at radius 2 is 2.47 bits per heavy atom. The molecule has 1 aliphatic rings. The van der Waals surface area contributed by atoms with Crippen LogP contribution in [0.1, 0.15) is 18.2 Å². The zero-order valence-electron chi connectivity index (χ0n) is 9.91. The Morgan fingerprint density at radius 3 is 3.12 bits per heavy atom. The van der Waals surface area contributed by atoms with Crippen LogP contribution in [0.15, 0.2) is 12.1 Å². The molecule has 0 radical (unpaired) electrons. The van der Waals surface area contributed by atoms with E-state index < -0.39 is 0 Å². The molecule has 1 N–H and O–H groups in total. The third-order valence-electron chi connectivity index (χ3n) is 3.04. The van der Waals surface area contributed by atoms with Crippen molar-refractivity contribution in [1.29, 1.82) is 0 Å². The molecule has 1 aromatic heterocycles. The highest BCUT2D eigenvalue weighted by Gasteiger charge is 2.22. The van der Waals surface area contributed by atoms with E-state index in [0.29, 0.717) is 12.5 Å². The lowest BCUT2D eigenvalue weighted by atomic mass is 10.1. The summed E-state index contributed by atoms with van der Waals surface area (Å²) in [6.45, 7) is 4.72. The molecular weight excluding hydrogens is 256 g/mol. The van der Waals surface area contributed by atoms with Gasteiger partial charge in [0.05, 0.1) is 4.34 Å². The van der Waals surface area contributed by atoms with Gasteiger partial charge >= 0.3 is 0 Å². The number of carbonyl (C=O) groups excluding carboxylic acids is 1. The van der Waals surface area contributed by atoms with E-state index >= 15 is 0 Å². The molecule has 0 unspecified atom stereocenters. The lowest BCUT2D eigenvalue weighted by Crippen LogP contribution is -2.52. The average Bonchev–Trinajstić information content (AvgIpc) is 2.73. The maximum atomic E-state index is 12.1. The van der Waals surface area contributed by atoms with E-state index in [2.05, 4.69) is 12.2 Å². The second-order valence-electron chi connectivity index (χ2n) is 4.35. The number of nitrogens with one attached hydrogen (secondary N) is 1. The van der Waals surface area contributed by atoms with Crippen LogP contribution in [-0.2, 0) is 11.2 Å².